The molecule has 2 heteroatoms. The van der Waals surface area contributed by atoms with Gasteiger partial charge in [-0.25, -0.2) is 0 Å². The Kier molecular flexibility index (Phi) is 4.53. The standard InChI is InChI=1S/C9H7N.C7H11N/c1-2-6-9-8(4-1)5-3-7-10-9;1-2-5-8-6-3-4-7-8/h1-7H;3-4,6-7H,2,5H2,1H3. The van der Waals surface area contributed by atoms with Crippen molar-refractivity contribution in [2.24, 2.45) is 0 Å². The fraction of sp³-hybridized carbons (Fsp3) is 0.188. The van der Waals surface area contributed by atoms with Gasteiger partial charge in [-0.15, -0.1) is 0 Å². The number of hydrogen-bond donors (Lipinski definition) is 0. The fourth-order valence-electron chi connectivity index (χ4n) is 1.79. The highest BCUT2D eigenvalue weighted by Crippen LogP contribution is 2.07. The molecule has 1 aromatic carbocycles. The van der Waals surface area contributed by atoms with Crippen molar-refractivity contribution in [2.45, 2.75) is 19.9 Å². The Hall–Kier alpha value is -2.09. The second-order valence-corrected chi connectivity index (χ2v) is 4.12. The molecule has 18 heavy (non-hydrogen) atoms. The molecule has 3 rings (SSSR count). The predicted octanol–water partition coefficient (Wildman–Crippen LogP) is 4.13. The monoisotopic (exact) mass is 238 g/mol. The minimum absolute atomic E-state index is 1.06. The minimum Gasteiger partial charge on any atom is -0.354 e. The summed E-state index contributed by atoms with van der Waals surface area (Å²) in [6, 6.07) is 16.2. The number of fused-ring (bicyclic) bond motifs is 1. The van der Waals surface area contributed by atoms with Gasteiger partial charge in [0, 0.05) is 30.5 Å². The Morgan fingerprint density at radius 1 is 0.944 bits per heavy atom. The second-order valence-electron chi connectivity index (χ2n) is 4.12. The first-order valence-electron chi connectivity index (χ1n) is 6.30. The quantitative estimate of drug-likeness (QED) is 0.656. The third kappa shape index (κ3) is 3.45. The lowest BCUT2D eigenvalue weighted by atomic mass is 10.2. The number of hydrogen-bond acceptors (Lipinski definition) is 1. The molecule has 0 aliphatic carbocycles. The van der Waals surface area contributed by atoms with Crippen molar-refractivity contribution in [3.8, 4) is 0 Å². The van der Waals surface area contributed by atoms with Crippen molar-refractivity contribution < 1.29 is 0 Å². The van der Waals surface area contributed by atoms with Gasteiger partial charge in [-0.1, -0.05) is 31.2 Å². The van der Waals surface area contributed by atoms with Gasteiger partial charge < -0.3 is 4.57 Å². The van der Waals surface area contributed by atoms with Gasteiger partial charge in [-0.2, -0.15) is 0 Å². The van der Waals surface area contributed by atoms with Crippen molar-refractivity contribution in [1.82, 2.24) is 9.55 Å². The number of rotatable bonds is 2. The van der Waals surface area contributed by atoms with Crippen LogP contribution >= 0.6 is 0 Å². The van der Waals surface area contributed by atoms with Crippen LogP contribution in [0.3, 0.4) is 0 Å². The van der Waals surface area contributed by atoms with E-state index in [-0.39, 0.29) is 0 Å². The molecule has 2 aromatic heterocycles. The molecule has 0 saturated carbocycles. The lowest BCUT2D eigenvalue weighted by Gasteiger charge is -1.94. The molecule has 2 heterocycles. The van der Waals surface area contributed by atoms with Crippen LogP contribution in [-0.4, -0.2) is 9.55 Å². The maximum absolute atomic E-state index is 4.18. The highest BCUT2D eigenvalue weighted by atomic mass is 14.9. The van der Waals surface area contributed by atoms with Crippen LogP contribution in [0.25, 0.3) is 10.9 Å². The Balaban J connectivity index is 0.000000138. The summed E-state index contributed by atoms with van der Waals surface area (Å²) in [6.45, 7) is 3.33. The van der Waals surface area contributed by atoms with Gasteiger partial charge in [-0.05, 0) is 30.7 Å². The summed E-state index contributed by atoms with van der Waals surface area (Å²) in [5, 5.41) is 1.20. The summed E-state index contributed by atoms with van der Waals surface area (Å²) < 4.78 is 2.18. The van der Waals surface area contributed by atoms with Crippen LogP contribution in [0, 0.1) is 0 Å². The van der Waals surface area contributed by atoms with Gasteiger partial charge in [0.05, 0.1) is 5.52 Å². The molecule has 0 amide bonds. The van der Waals surface area contributed by atoms with Crippen molar-refractivity contribution in [1.29, 1.82) is 0 Å². The first-order chi connectivity index (χ1) is 8.90. The number of pyridine rings is 1. The third-order valence-corrected chi connectivity index (χ3v) is 2.66. The molecule has 0 unspecified atom stereocenters. The third-order valence-electron chi connectivity index (χ3n) is 2.66. The summed E-state index contributed by atoms with van der Waals surface area (Å²) in [5.74, 6) is 0. The van der Waals surface area contributed by atoms with Crippen LogP contribution in [0.4, 0.5) is 0 Å². The van der Waals surface area contributed by atoms with Crippen LogP contribution in [0.15, 0.2) is 67.1 Å². The zero-order chi connectivity index (χ0) is 12.6. The van der Waals surface area contributed by atoms with Crippen molar-refractivity contribution >= 4 is 10.9 Å². The topological polar surface area (TPSA) is 17.8 Å². The highest BCUT2D eigenvalue weighted by Gasteiger charge is 1.86. The van der Waals surface area contributed by atoms with Crippen molar-refractivity contribution in [3.05, 3.63) is 67.1 Å². The van der Waals surface area contributed by atoms with E-state index >= 15 is 0 Å². The van der Waals surface area contributed by atoms with E-state index in [1.165, 1.54) is 11.8 Å². The highest BCUT2D eigenvalue weighted by molar-refractivity contribution is 5.77. The molecule has 0 fully saturated rings. The molecule has 0 saturated heterocycles. The van der Waals surface area contributed by atoms with Crippen molar-refractivity contribution in [2.75, 3.05) is 0 Å². The number of nitrogens with zero attached hydrogens (tertiary/aromatic N) is 2. The molecule has 0 aliphatic rings. The van der Waals surface area contributed by atoms with E-state index in [1.807, 2.05) is 30.5 Å². The van der Waals surface area contributed by atoms with E-state index in [0.29, 0.717) is 0 Å². The van der Waals surface area contributed by atoms with Gasteiger partial charge in [0.15, 0.2) is 0 Å². The molecule has 0 atom stereocenters. The van der Waals surface area contributed by atoms with E-state index in [1.54, 1.807) is 0 Å². The lowest BCUT2D eigenvalue weighted by molar-refractivity contribution is 0.683. The Labute approximate surface area is 108 Å². The number of para-hydroxylation sites is 1. The average molecular weight is 238 g/mol. The smallest absolute Gasteiger partial charge is 0.0701 e. The first-order valence-corrected chi connectivity index (χ1v) is 6.30. The van der Waals surface area contributed by atoms with Gasteiger partial charge in [0.1, 0.15) is 0 Å². The van der Waals surface area contributed by atoms with Crippen LogP contribution < -0.4 is 0 Å². The van der Waals surface area contributed by atoms with Crippen LogP contribution in [0.1, 0.15) is 13.3 Å². The zero-order valence-corrected chi connectivity index (χ0v) is 10.7. The Morgan fingerprint density at radius 2 is 1.67 bits per heavy atom. The largest absolute Gasteiger partial charge is 0.354 e. The number of benzene rings is 1. The fourth-order valence-corrected chi connectivity index (χ4v) is 1.79. The van der Waals surface area contributed by atoms with Crippen LogP contribution in [0.5, 0.6) is 0 Å². The first kappa shape index (κ1) is 12.4. The van der Waals surface area contributed by atoms with E-state index in [4.69, 9.17) is 0 Å². The van der Waals surface area contributed by atoms with Gasteiger partial charge in [0.25, 0.3) is 0 Å². The lowest BCUT2D eigenvalue weighted by Crippen LogP contribution is -1.89. The Bertz CT molecular complexity index is 505. The van der Waals surface area contributed by atoms with Crippen molar-refractivity contribution in [3.63, 3.8) is 0 Å². The molecule has 0 spiro atoms. The SMILES string of the molecule is CCCn1cccc1.c1ccc2ncccc2c1. The molecule has 92 valence electrons. The minimum atomic E-state index is 1.06. The van der Waals surface area contributed by atoms with E-state index in [0.717, 1.165) is 12.1 Å². The molecule has 0 radical (unpaired) electrons. The van der Waals surface area contributed by atoms with Crippen LogP contribution in [-0.2, 0) is 6.54 Å². The van der Waals surface area contributed by atoms with Gasteiger partial charge in [0.2, 0.25) is 0 Å². The molecule has 0 N–H and O–H groups in total. The second kappa shape index (κ2) is 6.60. The van der Waals surface area contributed by atoms with Crippen LogP contribution in [0.2, 0.25) is 0 Å². The van der Waals surface area contributed by atoms with E-state index < -0.39 is 0 Å². The number of aryl methyl sites for hydroxylation is 1. The average Bonchev–Trinajstić information content (AvgIpc) is 2.93. The summed E-state index contributed by atoms with van der Waals surface area (Å²) in [6.07, 6.45) is 7.20. The molecular weight excluding hydrogens is 220 g/mol. The Morgan fingerprint density at radius 3 is 2.39 bits per heavy atom. The van der Waals surface area contributed by atoms with E-state index in [9.17, 15) is 0 Å². The summed E-state index contributed by atoms with van der Waals surface area (Å²) in [7, 11) is 0. The molecule has 0 bridgehead atoms. The maximum atomic E-state index is 4.18. The predicted molar refractivity (Wildman–Crippen MR) is 76.5 cm³/mol. The molecule has 3 aromatic rings. The normalized spacial score (nSPS) is 9.83. The zero-order valence-electron chi connectivity index (χ0n) is 10.7. The summed E-state index contributed by atoms with van der Waals surface area (Å²) >= 11 is 0. The maximum Gasteiger partial charge on any atom is 0.0701 e. The van der Waals surface area contributed by atoms with Gasteiger partial charge >= 0.3 is 0 Å². The molecule has 0 aliphatic heterocycles. The molecule has 2 nitrogen and oxygen atoms in total. The summed E-state index contributed by atoms with van der Waals surface area (Å²) in [5.41, 5.74) is 1.06. The van der Waals surface area contributed by atoms with E-state index in [2.05, 4.69) is 53.1 Å². The summed E-state index contributed by atoms with van der Waals surface area (Å²) in [4.78, 5) is 4.18. The number of aromatic nitrogens is 2. The molecular formula is C16H18N2. The van der Waals surface area contributed by atoms with Gasteiger partial charge in [-0.3, -0.25) is 4.98 Å².